The summed E-state index contributed by atoms with van der Waals surface area (Å²) in [7, 11) is 0. The Morgan fingerprint density at radius 3 is 3.12 bits per heavy atom. The van der Waals surface area contributed by atoms with Crippen LogP contribution in [0, 0.1) is 11.3 Å². The molecule has 1 saturated carbocycles. The molecule has 92 valence electrons. The summed E-state index contributed by atoms with van der Waals surface area (Å²) in [5.41, 5.74) is 1.12. The van der Waals surface area contributed by atoms with E-state index in [0.29, 0.717) is 6.42 Å². The summed E-state index contributed by atoms with van der Waals surface area (Å²) in [6.07, 6.45) is 3.17. The Balaban J connectivity index is 1.87. The van der Waals surface area contributed by atoms with Gasteiger partial charge in [0.2, 0.25) is 0 Å². The molecule has 5 heteroatoms. The third kappa shape index (κ3) is 3.69. The molecule has 0 atom stereocenters. The van der Waals surface area contributed by atoms with Gasteiger partial charge in [-0.05, 0) is 19.8 Å². The van der Waals surface area contributed by atoms with Gasteiger partial charge in [0, 0.05) is 31.1 Å². The van der Waals surface area contributed by atoms with Crippen LogP contribution in [0.2, 0.25) is 0 Å². The molecule has 17 heavy (non-hydrogen) atoms. The standard InChI is InChI=1S/C12H18N4S/c1-2-16(7-3-6-13)12-15-11(9-17-12)8-14-10-4-5-10/h9-10,14H,2-5,7-8H2,1H3. The van der Waals surface area contributed by atoms with E-state index in [2.05, 4.69) is 33.6 Å². The molecule has 2 rings (SSSR count). The van der Waals surface area contributed by atoms with E-state index in [1.807, 2.05) is 0 Å². The van der Waals surface area contributed by atoms with Gasteiger partial charge in [-0.15, -0.1) is 11.3 Å². The third-order valence-electron chi connectivity index (χ3n) is 2.83. The average molecular weight is 250 g/mol. The Morgan fingerprint density at radius 2 is 2.47 bits per heavy atom. The Kier molecular flexibility index (Phi) is 4.35. The minimum Gasteiger partial charge on any atom is -0.347 e. The molecular weight excluding hydrogens is 232 g/mol. The van der Waals surface area contributed by atoms with Crippen LogP contribution in [0.3, 0.4) is 0 Å². The second-order valence-electron chi connectivity index (χ2n) is 4.26. The van der Waals surface area contributed by atoms with Gasteiger partial charge >= 0.3 is 0 Å². The predicted octanol–water partition coefficient (Wildman–Crippen LogP) is 2.14. The molecule has 0 aromatic carbocycles. The topological polar surface area (TPSA) is 52.0 Å². The molecule has 0 spiro atoms. The van der Waals surface area contributed by atoms with Gasteiger partial charge in [-0.25, -0.2) is 4.98 Å². The lowest BCUT2D eigenvalue weighted by molar-refractivity contribution is 0.676. The van der Waals surface area contributed by atoms with Gasteiger partial charge in [-0.2, -0.15) is 5.26 Å². The number of hydrogen-bond donors (Lipinski definition) is 1. The van der Waals surface area contributed by atoms with Gasteiger partial charge in [0.05, 0.1) is 18.2 Å². The van der Waals surface area contributed by atoms with Gasteiger partial charge < -0.3 is 10.2 Å². The molecule has 4 nitrogen and oxygen atoms in total. The van der Waals surface area contributed by atoms with E-state index >= 15 is 0 Å². The lowest BCUT2D eigenvalue weighted by Gasteiger charge is -2.17. The number of nitrogens with zero attached hydrogens (tertiary/aromatic N) is 3. The number of nitrogens with one attached hydrogen (secondary N) is 1. The summed E-state index contributed by atoms with van der Waals surface area (Å²) in [5, 5.41) is 15.2. The fourth-order valence-electron chi connectivity index (χ4n) is 1.63. The van der Waals surface area contributed by atoms with Crippen molar-refractivity contribution >= 4 is 16.5 Å². The molecule has 1 aliphatic rings. The van der Waals surface area contributed by atoms with Crippen LogP contribution in [0.25, 0.3) is 0 Å². The molecule has 1 aliphatic carbocycles. The highest BCUT2D eigenvalue weighted by Gasteiger charge is 2.20. The van der Waals surface area contributed by atoms with E-state index in [1.165, 1.54) is 12.8 Å². The zero-order chi connectivity index (χ0) is 12.1. The summed E-state index contributed by atoms with van der Waals surface area (Å²) in [4.78, 5) is 6.77. The van der Waals surface area contributed by atoms with Crippen molar-refractivity contribution in [3.05, 3.63) is 11.1 Å². The summed E-state index contributed by atoms with van der Waals surface area (Å²) in [6, 6.07) is 2.90. The first kappa shape index (κ1) is 12.3. The maximum absolute atomic E-state index is 8.61. The molecule has 1 aromatic rings. The second-order valence-corrected chi connectivity index (χ2v) is 5.10. The zero-order valence-corrected chi connectivity index (χ0v) is 11.0. The van der Waals surface area contributed by atoms with Gasteiger partial charge in [0.1, 0.15) is 0 Å². The van der Waals surface area contributed by atoms with Crippen LogP contribution in [0.4, 0.5) is 5.13 Å². The number of thiazole rings is 1. The first-order chi connectivity index (χ1) is 8.33. The van der Waals surface area contributed by atoms with Crippen LogP contribution in [0.1, 0.15) is 31.9 Å². The van der Waals surface area contributed by atoms with Crippen LogP contribution in [0.15, 0.2) is 5.38 Å². The largest absolute Gasteiger partial charge is 0.347 e. The quantitative estimate of drug-likeness (QED) is 0.805. The van der Waals surface area contributed by atoms with Gasteiger partial charge in [-0.1, -0.05) is 0 Å². The van der Waals surface area contributed by atoms with Gasteiger partial charge in [0.25, 0.3) is 0 Å². The molecule has 1 N–H and O–H groups in total. The molecule has 0 radical (unpaired) electrons. The van der Waals surface area contributed by atoms with Crippen molar-refractivity contribution in [2.24, 2.45) is 0 Å². The van der Waals surface area contributed by atoms with Crippen molar-refractivity contribution in [3.63, 3.8) is 0 Å². The molecule has 1 fully saturated rings. The molecule has 0 bridgehead atoms. The smallest absolute Gasteiger partial charge is 0.185 e. The molecule has 1 heterocycles. The highest BCUT2D eigenvalue weighted by molar-refractivity contribution is 7.13. The first-order valence-electron chi connectivity index (χ1n) is 6.13. The highest BCUT2D eigenvalue weighted by atomic mass is 32.1. The monoisotopic (exact) mass is 250 g/mol. The number of rotatable bonds is 7. The van der Waals surface area contributed by atoms with E-state index in [9.17, 15) is 0 Å². The number of hydrogen-bond acceptors (Lipinski definition) is 5. The fourth-order valence-corrected chi connectivity index (χ4v) is 2.55. The molecule has 0 aliphatic heterocycles. The van der Waals surface area contributed by atoms with Crippen molar-refractivity contribution in [1.29, 1.82) is 5.26 Å². The van der Waals surface area contributed by atoms with Crippen molar-refractivity contribution in [1.82, 2.24) is 10.3 Å². The summed E-state index contributed by atoms with van der Waals surface area (Å²) < 4.78 is 0. The molecular formula is C12H18N4S. The zero-order valence-electron chi connectivity index (χ0n) is 10.1. The third-order valence-corrected chi connectivity index (χ3v) is 3.78. The van der Waals surface area contributed by atoms with Crippen molar-refractivity contribution in [2.45, 2.75) is 38.8 Å². The van der Waals surface area contributed by atoms with E-state index in [1.54, 1.807) is 11.3 Å². The van der Waals surface area contributed by atoms with Crippen molar-refractivity contribution in [3.8, 4) is 6.07 Å². The van der Waals surface area contributed by atoms with Gasteiger partial charge in [-0.3, -0.25) is 0 Å². The van der Waals surface area contributed by atoms with Crippen LogP contribution in [0.5, 0.6) is 0 Å². The Labute approximate surface area is 106 Å². The normalized spacial score (nSPS) is 14.6. The first-order valence-corrected chi connectivity index (χ1v) is 7.01. The average Bonchev–Trinajstić information content (AvgIpc) is 3.07. The number of aromatic nitrogens is 1. The van der Waals surface area contributed by atoms with Crippen LogP contribution in [-0.4, -0.2) is 24.1 Å². The Bertz CT molecular complexity index is 391. The van der Waals surface area contributed by atoms with E-state index in [4.69, 9.17) is 5.26 Å². The number of nitriles is 1. The van der Waals surface area contributed by atoms with Crippen LogP contribution >= 0.6 is 11.3 Å². The maximum Gasteiger partial charge on any atom is 0.185 e. The maximum atomic E-state index is 8.61. The van der Waals surface area contributed by atoms with Crippen LogP contribution in [-0.2, 0) is 6.54 Å². The molecule has 0 saturated heterocycles. The van der Waals surface area contributed by atoms with Crippen LogP contribution < -0.4 is 10.2 Å². The Morgan fingerprint density at radius 1 is 1.65 bits per heavy atom. The summed E-state index contributed by atoms with van der Waals surface area (Å²) in [5.74, 6) is 0. The molecule has 0 unspecified atom stereocenters. The van der Waals surface area contributed by atoms with E-state index in [-0.39, 0.29) is 0 Å². The second kappa shape index (κ2) is 5.99. The summed E-state index contributed by atoms with van der Waals surface area (Å²) in [6.45, 7) is 4.65. The highest BCUT2D eigenvalue weighted by Crippen LogP contribution is 2.22. The minimum atomic E-state index is 0.559. The van der Waals surface area contributed by atoms with Crippen molar-refractivity contribution in [2.75, 3.05) is 18.0 Å². The SMILES string of the molecule is CCN(CCC#N)c1nc(CNC2CC2)cs1. The summed E-state index contributed by atoms with van der Waals surface area (Å²) >= 11 is 1.67. The Hall–Kier alpha value is -1.12. The lowest BCUT2D eigenvalue weighted by Crippen LogP contribution is -2.23. The predicted molar refractivity (Wildman–Crippen MR) is 70.1 cm³/mol. The van der Waals surface area contributed by atoms with E-state index in [0.717, 1.165) is 36.5 Å². The number of anilines is 1. The molecule has 1 aromatic heterocycles. The van der Waals surface area contributed by atoms with Crippen molar-refractivity contribution < 1.29 is 0 Å². The molecule has 0 amide bonds. The van der Waals surface area contributed by atoms with Gasteiger partial charge in [0.15, 0.2) is 5.13 Å². The minimum absolute atomic E-state index is 0.559. The van der Waals surface area contributed by atoms with E-state index < -0.39 is 0 Å². The lowest BCUT2D eigenvalue weighted by atomic mass is 10.4. The fraction of sp³-hybridized carbons (Fsp3) is 0.667.